The number of carbonyl (C=O) groups is 2. The molecule has 164 valence electrons. The maximum absolute atomic E-state index is 11.3. The highest BCUT2D eigenvalue weighted by molar-refractivity contribution is 5.77. The molecule has 0 aliphatic rings. The van der Waals surface area contributed by atoms with Crippen molar-refractivity contribution in [1.29, 1.82) is 0 Å². The second-order valence-electron chi connectivity index (χ2n) is 7.20. The molecule has 3 N–H and O–H groups in total. The molecule has 29 heavy (non-hydrogen) atoms. The van der Waals surface area contributed by atoms with Crippen molar-refractivity contribution >= 4 is 29.8 Å². The van der Waals surface area contributed by atoms with Gasteiger partial charge >= 0.3 is 11.9 Å². The van der Waals surface area contributed by atoms with Crippen LogP contribution in [0.1, 0.15) is 59.3 Å². The van der Waals surface area contributed by atoms with E-state index >= 15 is 0 Å². The van der Waals surface area contributed by atoms with E-state index < -0.39 is 24.0 Å². The Bertz CT molecular complexity index is 628. The number of hydrogen-bond acceptors (Lipinski definition) is 8. The number of hydrogen-bond donors (Lipinski definition) is 3. The average Bonchev–Trinajstić information content (AvgIpc) is 2.70. The minimum absolute atomic E-state index is 0.166. The number of aromatic nitrogens is 3. The molecule has 0 saturated carbocycles. The normalized spacial score (nSPS) is 12.9. The highest BCUT2D eigenvalue weighted by atomic mass is 16.4. The van der Waals surface area contributed by atoms with Crippen LogP contribution in [0.25, 0.3) is 0 Å². The van der Waals surface area contributed by atoms with Crippen molar-refractivity contribution in [1.82, 2.24) is 15.0 Å². The molecule has 2 atom stereocenters. The molecule has 0 saturated heterocycles. The molecule has 1 aromatic rings. The number of rotatable bonds is 14. The fraction of sp³-hybridized carbons (Fsp3) is 0.737. The Kier molecular flexibility index (Phi) is 10.1. The first kappa shape index (κ1) is 24.4. The van der Waals surface area contributed by atoms with E-state index in [1.807, 2.05) is 0 Å². The van der Waals surface area contributed by atoms with E-state index in [0.29, 0.717) is 12.5 Å². The lowest BCUT2D eigenvalue weighted by atomic mass is 10.1. The minimum Gasteiger partial charge on any atom is -0.480 e. The molecule has 1 heterocycles. The van der Waals surface area contributed by atoms with Crippen LogP contribution in [0.4, 0.5) is 17.8 Å². The van der Waals surface area contributed by atoms with Crippen molar-refractivity contribution in [3.05, 3.63) is 0 Å². The van der Waals surface area contributed by atoms with E-state index in [0.717, 1.165) is 12.8 Å². The highest BCUT2D eigenvalue weighted by Gasteiger charge is 2.24. The average molecular weight is 411 g/mol. The maximum Gasteiger partial charge on any atom is 0.326 e. The van der Waals surface area contributed by atoms with Gasteiger partial charge in [-0.05, 0) is 20.3 Å². The molecule has 10 nitrogen and oxygen atoms in total. The minimum atomic E-state index is -1.01. The number of likely N-dealkylation sites (N-methyl/N-ethyl adjacent to an activating group) is 2. The van der Waals surface area contributed by atoms with Gasteiger partial charge in [-0.2, -0.15) is 15.0 Å². The Hall–Kier alpha value is -2.65. The SMILES string of the molecule is CCCCCCCCNc1nc(N(C)C(C)C(=O)O)nc(N(C)C(C)C(=O)O)n1. The van der Waals surface area contributed by atoms with Gasteiger partial charge in [0, 0.05) is 20.6 Å². The molecule has 10 heteroatoms. The third kappa shape index (κ3) is 7.71. The maximum atomic E-state index is 11.3. The molecule has 0 aliphatic heterocycles. The van der Waals surface area contributed by atoms with Gasteiger partial charge in [-0.3, -0.25) is 0 Å². The number of nitrogens with one attached hydrogen (secondary N) is 1. The standard InChI is InChI=1S/C19H34N6O4/c1-6-7-8-9-10-11-12-20-17-21-18(24(4)13(2)15(26)27)23-19(22-17)25(5)14(3)16(28)29/h13-14H,6-12H2,1-5H3,(H,26,27)(H,28,29)(H,20,21,22,23). The van der Waals surface area contributed by atoms with Gasteiger partial charge in [0.25, 0.3) is 0 Å². The van der Waals surface area contributed by atoms with E-state index in [4.69, 9.17) is 0 Å². The second-order valence-corrected chi connectivity index (χ2v) is 7.20. The summed E-state index contributed by atoms with van der Waals surface area (Å²) in [4.78, 5) is 38.4. The Labute approximate surface area is 172 Å². The van der Waals surface area contributed by atoms with Crippen molar-refractivity contribution in [2.24, 2.45) is 0 Å². The van der Waals surface area contributed by atoms with Gasteiger partial charge in [0.1, 0.15) is 12.1 Å². The second kappa shape index (κ2) is 12.0. The first-order valence-electron chi connectivity index (χ1n) is 10.1. The Morgan fingerprint density at radius 1 is 0.862 bits per heavy atom. The summed E-state index contributed by atoms with van der Waals surface area (Å²) in [7, 11) is 3.16. The number of unbranched alkanes of at least 4 members (excludes halogenated alkanes) is 5. The lowest BCUT2D eigenvalue weighted by Gasteiger charge is -2.25. The highest BCUT2D eigenvalue weighted by Crippen LogP contribution is 2.18. The van der Waals surface area contributed by atoms with E-state index in [1.54, 1.807) is 14.1 Å². The zero-order valence-electron chi connectivity index (χ0n) is 18.1. The molecule has 0 spiro atoms. The molecule has 0 amide bonds. The Balaban J connectivity index is 2.95. The fourth-order valence-electron chi connectivity index (χ4n) is 2.53. The largest absolute Gasteiger partial charge is 0.480 e. The van der Waals surface area contributed by atoms with Crippen LogP contribution in [0.3, 0.4) is 0 Å². The van der Waals surface area contributed by atoms with Gasteiger partial charge in [-0.25, -0.2) is 9.59 Å². The number of nitrogens with zero attached hydrogens (tertiary/aromatic N) is 5. The number of aliphatic carboxylic acids is 2. The van der Waals surface area contributed by atoms with Crippen molar-refractivity contribution in [3.63, 3.8) is 0 Å². The molecule has 2 unspecified atom stereocenters. The van der Waals surface area contributed by atoms with Crippen LogP contribution in [-0.2, 0) is 9.59 Å². The van der Waals surface area contributed by atoms with Gasteiger partial charge < -0.3 is 25.3 Å². The zero-order valence-corrected chi connectivity index (χ0v) is 18.1. The van der Waals surface area contributed by atoms with Crippen LogP contribution >= 0.6 is 0 Å². The zero-order chi connectivity index (χ0) is 22.0. The van der Waals surface area contributed by atoms with Crippen LogP contribution in [0.5, 0.6) is 0 Å². The first-order valence-corrected chi connectivity index (χ1v) is 10.1. The van der Waals surface area contributed by atoms with E-state index in [1.165, 1.54) is 49.3 Å². The lowest BCUT2D eigenvalue weighted by molar-refractivity contribution is -0.139. The van der Waals surface area contributed by atoms with Crippen LogP contribution < -0.4 is 15.1 Å². The third-order valence-corrected chi connectivity index (χ3v) is 4.93. The predicted octanol–water partition coefficient (Wildman–Crippen LogP) is 2.46. The summed E-state index contributed by atoms with van der Waals surface area (Å²) >= 11 is 0. The molecule has 0 radical (unpaired) electrons. The van der Waals surface area contributed by atoms with Crippen molar-refractivity contribution < 1.29 is 19.8 Å². The molecule has 0 aliphatic carbocycles. The molecule has 0 bridgehead atoms. The van der Waals surface area contributed by atoms with Gasteiger partial charge in [0.05, 0.1) is 0 Å². The summed E-state index contributed by atoms with van der Waals surface area (Å²) in [5, 5.41) is 21.7. The van der Waals surface area contributed by atoms with Crippen LogP contribution in [0, 0.1) is 0 Å². The van der Waals surface area contributed by atoms with Crippen LogP contribution in [0.15, 0.2) is 0 Å². The van der Waals surface area contributed by atoms with Gasteiger partial charge in [0.2, 0.25) is 17.8 Å². The lowest BCUT2D eigenvalue weighted by Crippen LogP contribution is -2.39. The smallest absolute Gasteiger partial charge is 0.326 e. The third-order valence-electron chi connectivity index (χ3n) is 4.93. The Morgan fingerprint density at radius 3 is 1.76 bits per heavy atom. The number of carboxylic acid groups (broad SMARTS) is 2. The van der Waals surface area contributed by atoms with Gasteiger partial charge in [-0.15, -0.1) is 0 Å². The number of anilines is 3. The predicted molar refractivity (Wildman–Crippen MR) is 113 cm³/mol. The summed E-state index contributed by atoms with van der Waals surface area (Å²) in [6.45, 7) is 5.91. The topological polar surface area (TPSA) is 132 Å². The summed E-state index contributed by atoms with van der Waals surface area (Å²) < 4.78 is 0. The Morgan fingerprint density at radius 2 is 1.31 bits per heavy atom. The monoisotopic (exact) mass is 410 g/mol. The van der Waals surface area contributed by atoms with Crippen molar-refractivity contribution in [3.8, 4) is 0 Å². The van der Waals surface area contributed by atoms with Gasteiger partial charge in [-0.1, -0.05) is 39.0 Å². The van der Waals surface area contributed by atoms with Crippen LogP contribution in [-0.4, -0.2) is 69.8 Å². The van der Waals surface area contributed by atoms with Crippen LogP contribution in [0.2, 0.25) is 0 Å². The first-order chi connectivity index (χ1) is 13.7. The molecule has 1 aromatic heterocycles. The van der Waals surface area contributed by atoms with E-state index in [2.05, 4.69) is 27.2 Å². The molecule has 0 fully saturated rings. The quantitative estimate of drug-likeness (QED) is 0.393. The molecule has 1 rings (SSSR count). The molecular weight excluding hydrogens is 376 g/mol. The molecular formula is C19H34N6O4. The van der Waals surface area contributed by atoms with E-state index in [-0.39, 0.29) is 11.9 Å². The molecule has 0 aromatic carbocycles. The fourth-order valence-corrected chi connectivity index (χ4v) is 2.53. The summed E-state index contributed by atoms with van der Waals surface area (Å²) in [5.74, 6) is -1.39. The summed E-state index contributed by atoms with van der Waals surface area (Å²) in [6, 6.07) is -1.70. The van der Waals surface area contributed by atoms with Crippen molar-refractivity contribution in [2.75, 3.05) is 35.8 Å². The summed E-state index contributed by atoms with van der Waals surface area (Å²) in [5.41, 5.74) is 0. The van der Waals surface area contributed by atoms with E-state index in [9.17, 15) is 19.8 Å². The number of carboxylic acids is 2. The van der Waals surface area contributed by atoms with Crippen molar-refractivity contribution in [2.45, 2.75) is 71.4 Å². The van der Waals surface area contributed by atoms with Gasteiger partial charge in [0.15, 0.2) is 0 Å². The summed E-state index contributed by atoms with van der Waals surface area (Å²) in [6.07, 6.45) is 6.93.